The van der Waals surface area contributed by atoms with Gasteiger partial charge < -0.3 is 14.7 Å². The number of anilines is 1. The summed E-state index contributed by atoms with van der Waals surface area (Å²) < 4.78 is 65.2. The molecule has 3 aromatic carbocycles. The third kappa shape index (κ3) is 6.54. The number of ether oxygens (including phenoxy) is 1. The van der Waals surface area contributed by atoms with Crippen molar-refractivity contribution in [3.63, 3.8) is 0 Å². The van der Waals surface area contributed by atoms with Gasteiger partial charge in [0, 0.05) is 10.0 Å². The molecular formula is C32H30Cl2F2N2O6S. The largest absolute Gasteiger partial charge is 0.481 e. The lowest BCUT2D eigenvalue weighted by Gasteiger charge is -2.49. The Morgan fingerprint density at radius 3 is 2.18 bits per heavy atom. The van der Waals surface area contributed by atoms with Crippen LogP contribution in [0.15, 0.2) is 66.7 Å². The van der Waals surface area contributed by atoms with Crippen molar-refractivity contribution in [2.45, 2.75) is 61.6 Å². The number of halogens is 4. The molecule has 45 heavy (non-hydrogen) atoms. The molecule has 0 radical (unpaired) electrons. The fourth-order valence-electron chi connectivity index (χ4n) is 6.07. The van der Waals surface area contributed by atoms with Crippen molar-refractivity contribution in [3.8, 4) is 0 Å². The van der Waals surface area contributed by atoms with Crippen molar-refractivity contribution in [2.24, 2.45) is 5.92 Å². The van der Waals surface area contributed by atoms with Crippen LogP contribution < -0.4 is 4.31 Å². The van der Waals surface area contributed by atoms with Crippen molar-refractivity contribution in [3.05, 3.63) is 99.5 Å². The number of benzene rings is 3. The minimum Gasteiger partial charge on any atom is -0.481 e. The first-order valence-corrected chi connectivity index (χ1v) is 16.9. The molecule has 0 unspecified atom stereocenters. The van der Waals surface area contributed by atoms with Crippen LogP contribution in [0.1, 0.15) is 55.4 Å². The molecule has 3 aliphatic rings. The van der Waals surface area contributed by atoms with Gasteiger partial charge in [0.1, 0.15) is 17.9 Å². The number of carboxylic acids is 1. The molecule has 1 amide bonds. The van der Waals surface area contributed by atoms with E-state index < -0.39 is 81.7 Å². The Morgan fingerprint density at radius 2 is 1.60 bits per heavy atom. The Kier molecular flexibility index (Phi) is 8.82. The number of aliphatic carboxylic acids is 1. The van der Waals surface area contributed by atoms with E-state index in [-0.39, 0.29) is 5.92 Å². The normalized spacial score (nSPS) is 22.7. The molecule has 1 N–H and O–H groups in total. The summed E-state index contributed by atoms with van der Waals surface area (Å²) in [4.78, 5) is 27.7. The van der Waals surface area contributed by atoms with Crippen LogP contribution in [0.4, 0.5) is 14.5 Å². The molecule has 4 atom stereocenters. The van der Waals surface area contributed by atoms with Crippen LogP contribution in [0.25, 0.3) is 0 Å². The van der Waals surface area contributed by atoms with E-state index in [1.54, 1.807) is 48.5 Å². The van der Waals surface area contributed by atoms with Crippen molar-refractivity contribution in [2.75, 3.05) is 10.8 Å². The lowest BCUT2D eigenvalue weighted by atomic mass is 9.89. The molecule has 3 fully saturated rings. The second-order valence-corrected chi connectivity index (χ2v) is 14.7. The highest BCUT2D eigenvalue weighted by Gasteiger charge is 2.52. The molecule has 2 aliphatic carbocycles. The van der Waals surface area contributed by atoms with Crippen LogP contribution in [-0.2, 0) is 24.3 Å². The minimum absolute atomic E-state index is 0.223. The number of carboxylic acid groups (broad SMARTS) is 1. The topological polar surface area (TPSA) is 104 Å². The molecule has 3 aromatic rings. The Labute approximate surface area is 269 Å². The van der Waals surface area contributed by atoms with Gasteiger partial charge in [-0.2, -0.15) is 0 Å². The first kappa shape index (κ1) is 31.7. The summed E-state index contributed by atoms with van der Waals surface area (Å²) >= 11 is 12.6. The number of carbonyl (C=O) groups is 2. The fourth-order valence-corrected chi connectivity index (χ4v) is 8.28. The molecule has 1 aliphatic heterocycles. The molecule has 2 saturated carbocycles. The van der Waals surface area contributed by atoms with Gasteiger partial charge in [-0.1, -0.05) is 53.5 Å². The van der Waals surface area contributed by atoms with E-state index in [4.69, 9.17) is 27.9 Å². The molecule has 0 spiro atoms. The van der Waals surface area contributed by atoms with Gasteiger partial charge in [-0.05, 0) is 79.1 Å². The third-order valence-electron chi connectivity index (χ3n) is 8.49. The number of morpholine rings is 1. The molecule has 1 saturated heterocycles. The van der Waals surface area contributed by atoms with Gasteiger partial charge in [-0.15, -0.1) is 0 Å². The first-order chi connectivity index (χ1) is 21.5. The minimum atomic E-state index is -4.22. The molecule has 1 heterocycles. The molecule has 13 heteroatoms. The molecule has 8 nitrogen and oxygen atoms in total. The summed E-state index contributed by atoms with van der Waals surface area (Å²) in [5, 5.41) is 9.74. The number of amides is 1. The van der Waals surface area contributed by atoms with Crippen molar-refractivity contribution < 1.29 is 36.6 Å². The van der Waals surface area contributed by atoms with Gasteiger partial charge in [0.2, 0.25) is 10.0 Å². The van der Waals surface area contributed by atoms with Gasteiger partial charge in [-0.3, -0.25) is 13.9 Å². The molecule has 0 bridgehead atoms. The van der Waals surface area contributed by atoms with Crippen LogP contribution >= 0.6 is 23.2 Å². The van der Waals surface area contributed by atoms with E-state index >= 15 is 8.78 Å². The van der Waals surface area contributed by atoms with Crippen LogP contribution in [0.3, 0.4) is 0 Å². The standard InChI is InChI=1S/C32H30Cl2F2N2O6S/c33-21-11-9-19(10-12-21)29-31(20-3-1-4-22(34)15-20)44-27(16-28(39)40)32(41)38(29)26(18-7-8-18)17-37(45(42,43)23-13-14-23)30-24(35)5-2-6-25(30)36/h1-6,9-12,15,18,23,26-27,29,31H,7-8,13-14,16-17H2,(H,39,40)/t26-,27+,29-,31-/m1/s1. The number of nitrogens with zero attached hydrogens (tertiary/aromatic N) is 2. The van der Waals surface area contributed by atoms with E-state index in [1.165, 1.54) is 4.90 Å². The summed E-state index contributed by atoms with van der Waals surface area (Å²) in [6.07, 6.45) is -1.03. The lowest BCUT2D eigenvalue weighted by Crippen LogP contribution is -2.59. The van der Waals surface area contributed by atoms with Crippen molar-refractivity contribution >= 4 is 50.8 Å². The number of para-hydroxylation sites is 1. The first-order valence-electron chi connectivity index (χ1n) is 14.6. The second-order valence-electron chi connectivity index (χ2n) is 11.7. The van der Waals surface area contributed by atoms with Crippen LogP contribution in [0.2, 0.25) is 10.0 Å². The average Bonchev–Trinajstić information content (AvgIpc) is 3.90. The Morgan fingerprint density at radius 1 is 0.956 bits per heavy atom. The third-order valence-corrected chi connectivity index (χ3v) is 11.2. The fraction of sp³-hybridized carbons (Fsp3) is 0.375. The van der Waals surface area contributed by atoms with E-state index in [0.717, 1.165) is 22.5 Å². The van der Waals surface area contributed by atoms with Crippen molar-refractivity contribution in [1.82, 2.24) is 4.90 Å². The maximum atomic E-state index is 15.3. The zero-order chi connectivity index (χ0) is 32.0. The molecule has 6 rings (SSSR count). The molecular weight excluding hydrogens is 649 g/mol. The summed E-state index contributed by atoms with van der Waals surface area (Å²) in [5.74, 6) is -4.24. The van der Waals surface area contributed by atoms with Crippen LogP contribution in [-0.4, -0.2) is 54.2 Å². The predicted molar refractivity (Wildman–Crippen MR) is 165 cm³/mol. The zero-order valence-electron chi connectivity index (χ0n) is 23.9. The average molecular weight is 680 g/mol. The maximum absolute atomic E-state index is 15.3. The smallest absolute Gasteiger partial charge is 0.306 e. The number of hydrogen-bond donors (Lipinski definition) is 1. The monoisotopic (exact) mass is 678 g/mol. The van der Waals surface area contributed by atoms with E-state index in [2.05, 4.69) is 0 Å². The predicted octanol–water partition coefficient (Wildman–Crippen LogP) is 6.53. The van der Waals surface area contributed by atoms with Crippen LogP contribution in [0, 0.1) is 17.6 Å². The number of carbonyl (C=O) groups excluding carboxylic acids is 1. The summed E-state index contributed by atoms with van der Waals surface area (Å²) in [7, 11) is -4.22. The number of hydrogen-bond acceptors (Lipinski definition) is 5. The number of rotatable bonds is 11. The molecule has 238 valence electrons. The Bertz CT molecular complexity index is 1700. The van der Waals surface area contributed by atoms with Gasteiger partial charge in [0.25, 0.3) is 5.91 Å². The van der Waals surface area contributed by atoms with Crippen molar-refractivity contribution in [1.29, 1.82) is 0 Å². The zero-order valence-corrected chi connectivity index (χ0v) is 26.2. The van der Waals surface area contributed by atoms with Gasteiger partial charge in [-0.25, -0.2) is 17.2 Å². The van der Waals surface area contributed by atoms with Gasteiger partial charge in [0.15, 0.2) is 11.6 Å². The summed E-state index contributed by atoms with van der Waals surface area (Å²) in [6.45, 7) is -0.431. The summed E-state index contributed by atoms with van der Waals surface area (Å²) in [6, 6.07) is 14.9. The quantitative estimate of drug-likeness (QED) is 0.247. The van der Waals surface area contributed by atoms with E-state index in [9.17, 15) is 23.1 Å². The highest BCUT2D eigenvalue weighted by Crippen LogP contribution is 2.49. The summed E-state index contributed by atoms with van der Waals surface area (Å²) in [5.41, 5.74) is 0.450. The number of sulfonamides is 1. The van der Waals surface area contributed by atoms with Gasteiger partial charge in [0.05, 0.1) is 30.3 Å². The highest BCUT2D eigenvalue weighted by atomic mass is 35.5. The van der Waals surface area contributed by atoms with Crippen LogP contribution in [0.5, 0.6) is 0 Å². The van der Waals surface area contributed by atoms with E-state index in [1.807, 2.05) is 0 Å². The molecule has 0 aromatic heterocycles. The Balaban J connectivity index is 1.52. The maximum Gasteiger partial charge on any atom is 0.306 e. The lowest BCUT2D eigenvalue weighted by molar-refractivity contribution is -0.183. The second kappa shape index (κ2) is 12.5. The van der Waals surface area contributed by atoms with Gasteiger partial charge >= 0.3 is 5.97 Å². The van der Waals surface area contributed by atoms with E-state index in [0.29, 0.717) is 46.9 Å². The SMILES string of the molecule is O=C(O)C[C@@H]1O[C@H](c2cccc(Cl)c2)[C@@H](c2ccc(Cl)cc2)N([C@H](CN(c2c(F)cccc2F)S(=O)(=O)C2CC2)C2CC2)C1=O. The Hall–Kier alpha value is -3.25. The highest BCUT2D eigenvalue weighted by molar-refractivity contribution is 7.93.